The number of methoxy groups -OCH3 is 1. The Hall–Kier alpha value is -2.01. The standard InChI is InChI=1S/C11H10ClN3O2/c1-16-7-2-3-9(13)10(4-7)17-11-8(12)5-14-6-15-11/h2-6H,13H2,1H3. The molecule has 5 nitrogen and oxygen atoms in total. The highest BCUT2D eigenvalue weighted by Gasteiger charge is 2.08. The third kappa shape index (κ3) is 2.57. The quantitative estimate of drug-likeness (QED) is 0.849. The van der Waals surface area contributed by atoms with Crippen LogP contribution >= 0.6 is 11.6 Å². The largest absolute Gasteiger partial charge is 0.497 e. The van der Waals surface area contributed by atoms with E-state index >= 15 is 0 Å². The van der Waals surface area contributed by atoms with Crippen LogP contribution in [0.1, 0.15) is 0 Å². The minimum Gasteiger partial charge on any atom is -0.497 e. The summed E-state index contributed by atoms with van der Waals surface area (Å²) in [6, 6.07) is 5.08. The molecule has 0 atom stereocenters. The molecule has 2 rings (SSSR count). The van der Waals surface area contributed by atoms with Crippen LogP contribution in [0, 0.1) is 0 Å². The molecule has 0 unspecified atom stereocenters. The fraction of sp³-hybridized carbons (Fsp3) is 0.0909. The molecule has 0 radical (unpaired) electrons. The fourth-order valence-corrected chi connectivity index (χ4v) is 1.35. The highest BCUT2D eigenvalue weighted by molar-refractivity contribution is 6.31. The summed E-state index contributed by atoms with van der Waals surface area (Å²) in [4.78, 5) is 7.67. The molecule has 0 aliphatic heterocycles. The number of nitrogens with two attached hydrogens (primary N) is 1. The van der Waals surface area contributed by atoms with Crippen LogP contribution in [0.15, 0.2) is 30.7 Å². The summed E-state index contributed by atoms with van der Waals surface area (Å²) >= 11 is 5.88. The summed E-state index contributed by atoms with van der Waals surface area (Å²) in [5, 5.41) is 0.315. The first-order chi connectivity index (χ1) is 8.20. The molecular weight excluding hydrogens is 242 g/mol. The maximum atomic E-state index is 5.88. The molecule has 0 aliphatic rings. The first-order valence-electron chi connectivity index (χ1n) is 4.77. The Bertz CT molecular complexity index is 534. The van der Waals surface area contributed by atoms with E-state index in [-0.39, 0.29) is 5.88 Å². The van der Waals surface area contributed by atoms with Gasteiger partial charge in [-0.05, 0) is 12.1 Å². The predicted octanol–water partition coefficient (Wildman–Crippen LogP) is 2.51. The first-order valence-corrected chi connectivity index (χ1v) is 5.15. The fourth-order valence-electron chi connectivity index (χ4n) is 1.21. The lowest BCUT2D eigenvalue weighted by atomic mass is 10.3. The van der Waals surface area contributed by atoms with E-state index in [1.54, 1.807) is 25.3 Å². The second kappa shape index (κ2) is 4.88. The predicted molar refractivity (Wildman–Crippen MR) is 64.5 cm³/mol. The van der Waals surface area contributed by atoms with Gasteiger partial charge in [-0.2, -0.15) is 0 Å². The summed E-state index contributed by atoms with van der Waals surface area (Å²) in [5.74, 6) is 1.32. The Labute approximate surface area is 103 Å². The molecule has 2 aromatic rings. The molecule has 0 bridgehead atoms. The highest BCUT2D eigenvalue weighted by atomic mass is 35.5. The molecule has 0 amide bonds. The number of benzene rings is 1. The van der Waals surface area contributed by atoms with Crippen molar-refractivity contribution in [3.8, 4) is 17.4 Å². The van der Waals surface area contributed by atoms with Crippen molar-refractivity contribution in [1.82, 2.24) is 9.97 Å². The van der Waals surface area contributed by atoms with E-state index in [9.17, 15) is 0 Å². The number of nitrogens with zero attached hydrogens (tertiary/aromatic N) is 2. The van der Waals surface area contributed by atoms with E-state index < -0.39 is 0 Å². The zero-order valence-electron chi connectivity index (χ0n) is 9.05. The van der Waals surface area contributed by atoms with Crippen LogP contribution in [0.4, 0.5) is 5.69 Å². The van der Waals surface area contributed by atoms with Gasteiger partial charge in [0.1, 0.15) is 17.1 Å². The van der Waals surface area contributed by atoms with Crippen molar-refractivity contribution in [3.63, 3.8) is 0 Å². The first kappa shape index (κ1) is 11.5. The average Bonchev–Trinajstić information content (AvgIpc) is 2.35. The van der Waals surface area contributed by atoms with Crippen LogP contribution in [-0.4, -0.2) is 17.1 Å². The van der Waals surface area contributed by atoms with Crippen molar-refractivity contribution in [3.05, 3.63) is 35.7 Å². The maximum absolute atomic E-state index is 5.88. The molecule has 0 saturated heterocycles. The van der Waals surface area contributed by atoms with Crippen molar-refractivity contribution < 1.29 is 9.47 Å². The van der Waals surface area contributed by atoms with Crippen LogP contribution in [0.2, 0.25) is 5.02 Å². The Kier molecular flexibility index (Phi) is 3.30. The van der Waals surface area contributed by atoms with Crippen LogP contribution in [0.3, 0.4) is 0 Å². The van der Waals surface area contributed by atoms with Crippen molar-refractivity contribution in [1.29, 1.82) is 0 Å². The highest BCUT2D eigenvalue weighted by Crippen LogP contribution is 2.32. The smallest absolute Gasteiger partial charge is 0.241 e. The Morgan fingerprint density at radius 3 is 2.88 bits per heavy atom. The van der Waals surface area contributed by atoms with Gasteiger partial charge in [-0.25, -0.2) is 9.97 Å². The SMILES string of the molecule is COc1ccc(N)c(Oc2ncncc2Cl)c1. The monoisotopic (exact) mass is 251 g/mol. The Morgan fingerprint density at radius 2 is 2.18 bits per heavy atom. The molecule has 17 heavy (non-hydrogen) atoms. The molecule has 88 valence electrons. The summed E-state index contributed by atoms with van der Waals surface area (Å²) in [7, 11) is 1.56. The average molecular weight is 252 g/mol. The maximum Gasteiger partial charge on any atom is 0.241 e. The van der Waals surface area contributed by atoms with Gasteiger partial charge in [0.15, 0.2) is 5.75 Å². The second-order valence-electron chi connectivity index (χ2n) is 3.18. The third-order valence-electron chi connectivity index (χ3n) is 2.06. The lowest BCUT2D eigenvalue weighted by molar-refractivity contribution is 0.408. The van der Waals surface area contributed by atoms with Crippen molar-refractivity contribution >= 4 is 17.3 Å². The van der Waals surface area contributed by atoms with Gasteiger partial charge < -0.3 is 15.2 Å². The van der Waals surface area contributed by atoms with Crippen LogP contribution < -0.4 is 15.2 Å². The van der Waals surface area contributed by atoms with Gasteiger partial charge in [-0.1, -0.05) is 11.6 Å². The molecule has 0 aliphatic carbocycles. The van der Waals surface area contributed by atoms with Crippen LogP contribution in [-0.2, 0) is 0 Å². The minimum absolute atomic E-state index is 0.251. The van der Waals surface area contributed by atoms with Gasteiger partial charge in [0.2, 0.25) is 5.88 Å². The van der Waals surface area contributed by atoms with Crippen LogP contribution in [0.5, 0.6) is 17.4 Å². The molecule has 1 heterocycles. The molecule has 1 aromatic carbocycles. The molecule has 0 spiro atoms. The summed E-state index contributed by atoms with van der Waals surface area (Å²) in [6.45, 7) is 0. The molecule has 6 heteroatoms. The van der Waals surface area contributed by atoms with Gasteiger partial charge in [0.25, 0.3) is 0 Å². The lowest BCUT2D eigenvalue weighted by Gasteiger charge is -2.09. The second-order valence-corrected chi connectivity index (χ2v) is 3.59. The minimum atomic E-state index is 0.251. The Morgan fingerprint density at radius 1 is 1.35 bits per heavy atom. The van der Waals surface area contributed by atoms with Gasteiger partial charge >= 0.3 is 0 Å². The number of hydrogen-bond acceptors (Lipinski definition) is 5. The summed E-state index contributed by atoms with van der Waals surface area (Å²) in [5.41, 5.74) is 6.25. The number of ether oxygens (including phenoxy) is 2. The molecule has 0 saturated carbocycles. The van der Waals surface area contributed by atoms with Gasteiger partial charge in [-0.15, -0.1) is 0 Å². The van der Waals surface area contributed by atoms with E-state index in [1.807, 2.05) is 0 Å². The van der Waals surface area contributed by atoms with Crippen LogP contribution in [0.25, 0.3) is 0 Å². The number of nitrogen functional groups attached to an aromatic ring is 1. The van der Waals surface area contributed by atoms with Crippen molar-refractivity contribution in [2.75, 3.05) is 12.8 Å². The Balaban J connectivity index is 2.32. The lowest BCUT2D eigenvalue weighted by Crippen LogP contribution is -1.95. The van der Waals surface area contributed by atoms with Crippen molar-refractivity contribution in [2.45, 2.75) is 0 Å². The van der Waals surface area contributed by atoms with E-state index in [0.717, 1.165) is 0 Å². The number of hydrogen-bond donors (Lipinski definition) is 1. The molecular formula is C11H10ClN3O2. The van der Waals surface area contributed by atoms with E-state index in [4.69, 9.17) is 26.8 Å². The van der Waals surface area contributed by atoms with Crippen molar-refractivity contribution in [2.24, 2.45) is 0 Å². The molecule has 0 fully saturated rings. The van der Waals surface area contributed by atoms with Gasteiger partial charge in [0.05, 0.1) is 19.0 Å². The summed E-state index contributed by atoms with van der Waals surface area (Å²) < 4.78 is 10.6. The number of anilines is 1. The zero-order valence-corrected chi connectivity index (χ0v) is 9.81. The number of aromatic nitrogens is 2. The third-order valence-corrected chi connectivity index (χ3v) is 2.32. The summed E-state index contributed by atoms with van der Waals surface area (Å²) in [6.07, 6.45) is 2.79. The zero-order chi connectivity index (χ0) is 12.3. The topological polar surface area (TPSA) is 70.3 Å². The number of rotatable bonds is 3. The van der Waals surface area contributed by atoms with Gasteiger partial charge in [0, 0.05) is 6.07 Å². The van der Waals surface area contributed by atoms with Gasteiger partial charge in [-0.3, -0.25) is 0 Å². The molecule has 2 N–H and O–H groups in total. The van der Waals surface area contributed by atoms with E-state index in [1.165, 1.54) is 12.5 Å². The molecule has 1 aromatic heterocycles. The normalized spacial score (nSPS) is 10.0. The number of halogens is 1. The van der Waals surface area contributed by atoms with E-state index in [0.29, 0.717) is 22.2 Å². The van der Waals surface area contributed by atoms with E-state index in [2.05, 4.69) is 9.97 Å².